The van der Waals surface area contributed by atoms with Crippen molar-refractivity contribution in [1.29, 1.82) is 5.26 Å². The Morgan fingerprint density at radius 2 is 2.45 bits per heavy atom. The van der Waals surface area contributed by atoms with E-state index in [9.17, 15) is 0 Å². The number of nitrogens with zero attached hydrogens (tertiary/aromatic N) is 3. The van der Waals surface area contributed by atoms with Crippen molar-refractivity contribution in [2.24, 2.45) is 5.41 Å². The molecule has 1 aromatic rings. The fourth-order valence-electron chi connectivity index (χ4n) is 0.691. The number of nitriles is 1. The minimum absolute atomic E-state index is 0.424. The SMILES string of the molecule is CC(C)(C#N)Cc1nnco1. The van der Waals surface area contributed by atoms with E-state index in [2.05, 4.69) is 16.3 Å². The van der Waals surface area contributed by atoms with E-state index < -0.39 is 5.41 Å². The van der Waals surface area contributed by atoms with E-state index in [1.165, 1.54) is 6.39 Å². The topological polar surface area (TPSA) is 62.7 Å². The van der Waals surface area contributed by atoms with Gasteiger partial charge in [0.25, 0.3) is 0 Å². The first-order chi connectivity index (χ1) is 5.14. The van der Waals surface area contributed by atoms with E-state index in [4.69, 9.17) is 9.68 Å². The van der Waals surface area contributed by atoms with Gasteiger partial charge in [-0.1, -0.05) is 0 Å². The summed E-state index contributed by atoms with van der Waals surface area (Å²) in [5.74, 6) is 0.511. The summed E-state index contributed by atoms with van der Waals surface area (Å²) < 4.78 is 4.90. The maximum Gasteiger partial charge on any atom is 0.217 e. The summed E-state index contributed by atoms with van der Waals surface area (Å²) in [6.45, 7) is 3.66. The van der Waals surface area contributed by atoms with Gasteiger partial charge < -0.3 is 4.42 Å². The van der Waals surface area contributed by atoms with Crippen LogP contribution >= 0.6 is 0 Å². The summed E-state index contributed by atoms with van der Waals surface area (Å²) >= 11 is 0. The summed E-state index contributed by atoms with van der Waals surface area (Å²) in [7, 11) is 0. The van der Waals surface area contributed by atoms with Gasteiger partial charge >= 0.3 is 0 Å². The fourth-order valence-corrected chi connectivity index (χ4v) is 0.691. The first kappa shape index (κ1) is 7.73. The second-order valence-electron chi connectivity index (χ2n) is 3.00. The molecule has 0 amide bonds. The van der Waals surface area contributed by atoms with E-state index in [0.717, 1.165) is 0 Å². The molecule has 1 rings (SSSR count). The van der Waals surface area contributed by atoms with Crippen LogP contribution in [0.2, 0.25) is 0 Å². The summed E-state index contributed by atoms with van der Waals surface area (Å²) in [5, 5.41) is 15.8. The molecular weight excluding hydrogens is 142 g/mol. The van der Waals surface area contributed by atoms with Crippen molar-refractivity contribution < 1.29 is 4.42 Å². The van der Waals surface area contributed by atoms with Crippen molar-refractivity contribution in [3.8, 4) is 6.07 Å². The minimum atomic E-state index is -0.424. The summed E-state index contributed by atoms with van der Waals surface area (Å²) in [6, 6.07) is 2.15. The van der Waals surface area contributed by atoms with Gasteiger partial charge in [0, 0.05) is 6.42 Å². The van der Waals surface area contributed by atoms with Gasteiger partial charge in [0.2, 0.25) is 12.3 Å². The van der Waals surface area contributed by atoms with Crippen LogP contribution in [0.1, 0.15) is 19.7 Å². The van der Waals surface area contributed by atoms with E-state index in [1.54, 1.807) is 0 Å². The molecule has 0 unspecified atom stereocenters. The highest BCUT2D eigenvalue weighted by Crippen LogP contribution is 2.18. The molecule has 11 heavy (non-hydrogen) atoms. The van der Waals surface area contributed by atoms with E-state index in [1.807, 2.05) is 13.8 Å². The van der Waals surface area contributed by atoms with Crippen LogP contribution in [-0.4, -0.2) is 10.2 Å². The molecule has 0 N–H and O–H groups in total. The number of hydrogen-bond acceptors (Lipinski definition) is 4. The molecule has 0 aliphatic rings. The second-order valence-corrected chi connectivity index (χ2v) is 3.00. The minimum Gasteiger partial charge on any atom is -0.428 e. The molecule has 0 atom stereocenters. The molecule has 0 aliphatic heterocycles. The first-order valence-electron chi connectivity index (χ1n) is 3.30. The Morgan fingerprint density at radius 3 is 2.91 bits per heavy atom. The molecule has 1 aromatic heterocycles. The predicted molar refractivity (Wildman–Crippen MR) is 37.4 cm³/mol. The zero-order valence-electron chi connectivity index (χ0n) is 6.53. The summed E-state index contributed by atoms with van der Waals surface area (Å²) in [6.07, 6.45) is 1.77. The molecule has 58 valence electrons. The van der Waals surface area contributed by atoms with Crippen LogP contribution in [0.5, 0.6) is 0 Å². The third-order valence-corrected chi connectivity index (χ3v) is 1.30. The average molecular weight is 151 g/mol. The second kappa shape index (κ2) is 2.70. The van der Waals surface area contributed by atoms with Crippen LogP contribution in [0.3, 0.4) is 0 Å². The lowest BCUT2D eigenvalue weighted by Gasteiger charge is -2.10. The van der Waals surface area contributed by atoms with E-state index in [-0.39, 0.29) is 0 Å². The smallest absolute Gasteiger partial charge is 0.217 e. The molecule has 0 saturated carbocycles. The Hall–Kier alpha value is -1.37. The van der Waals surface area contributed by atoms with Gasteiger partial charge in [-0.3, -0.25) is 0 Å². The van der Waals surface area contributed by atoms with Crippen LogP contribution in [0.4, 0.5) is 0 Å². The van der Waals surface area contributed by atoms with Crippen LogP contribution in [-0.2, 0) is 6.42 Å². The van der Waals surface area contributed by atoms with E-state index >= 15 is 0 Å². The Balaban J connectivity index is 2.65. The Bertz CT molecular complexity index is 258. The Kier molecular flexibility index (Phi) is 1.90. The van der Waals surface area contributed by atoms with Crippen molar-refractivity contribution in [1.82, 2.24) is 10.2 Å². The molecule has 0 radical (unpaired) electrons. The monoisotopic (exact) mass is 151 g/mol. The van der Waals surface area contributed by atoms with Crippen LogP contribution < -0.4 is 0 Å². The molecule has 0 saturated heterocycles. The maximum atomic E-state index is 8.65. The molecule has 4 nitrogen and oxygen atoms in total. The molecule has 0 spiro atoms. The summed E-state index contributed by atoms with van der Waals surface area (Å²) in [5.41, 5.74) is -0.424. The van der Waals surface area contributed by atoms with Gasteiger partial charge in [0.15, 0.2) is 0 Å². The third kappa shape index (κ3) is 2.04. The first-order valence-corrected chi connectivity index (χ1v) is 3.30. The van der Waals surface area contributed by atoms with Gasteiger partial charge in [-0.2, -0.15) is 5.26 Å². The lowest BCUT2D eigenvalue weighted by Crippen LogP contribution is -2.11. The van der Waals surface area contributed by atoms with Gasteiger partial charge in [0.1, 0.15) is 0 Å². The van der Waals surface area contributed by atoms with Crippen molar-refractivity contribution in [2.75, 3.05) is 0 Å². The lowest BCUT2D eigenvalue weighted by atomic mass is 9.92. The number of aromatic nitrogens is 2. The van der Waals surface area contributed by atoms with E-state index in [0.29, 0.717) is 12.3 Å². The largest absolute Gasteiger partial charge is 0.428 e. The lowest BCUT2D eigenvalue weighted by molar-refractivity contribution is 0.402. The highest BCUT2D eigenvalue weighted by Gasteiger charge is 2.19. The third-order valence-electron chi connectivity index (χ3n) is 1.30. The van der Waals surface area contributed by atoms with Gasteiger partial charge in [-0.05, 0) is 13.8 Å². The molecule has 1 heterocycles. The zero-order chi connectivity index (χ0) is 8.32. The molecule has 0 aliphatic carbocycles. The average Bonchev–Trinajstić information content (AvgIpc) is 2.39. The van der Waals surface area contributed by atoms with Crippen molar-refractivity contribution >= 4 is 0 Å². The van der Waals surface area contributed by atoms with Crippen LogP contribution in [0.15, 0.2) is 10.8 Å². The van der Waals surface area contributed by atoms with Gasteiger partial charge in [-0.15, -0.1) is 10.2 Å². The van der Waals surface area contributed by atoms with Crippen LogP contribution in [0, 0.1) is 16.7 Å². The quantitative estimate of drug-likeness (QED) is 0.636. The summed E-state index contributed by atoms with van der Waals surface area (Å²) in [4.78, 5) is 0. The fraction of sp³-hybridized carbons (Fsp3) is 0.571. The highest BCUT2D eigenvalue weighted by atomic mass is 16.4. The standard InChI is InChI=1S/C7H9N3O/c1-7(2,4-8)3-6-10-9-5-11-6/h5H,3H2,1-2H3. The molecule has 0 fully saturated rings. The Morgan fingerprint density at radius 1 is 1.73 bits per heavy atom. The van der Waals surface area contributed by atoms with Crippen molar-refractivity contribution in [3.05, 3.63) is 12.3 Å². The predicted octanol–water partition coefficient (Wildman–Crippen LogP) is 1.16. The highest BCUT2D eigenvalue weighted by molar-refractivity contribution is 4.97. The van der Waals surface area contributed by atoms with Gasteiger partial charge in [-0.25, -0.2) is 0 Å². The maximum absolute atomic E-state index is 8.65. The van der Waals surface area contributed by atoms with Crippen LogP contribution in [0.25, 0.3) is 0 Å². The molecule has 0 aromatic carbocycles. The van der Waals surface area contributed by atoms with Gasteiger partial charge in [0.05, 0.1) is 11.5 Å². The van der Waals surface area contributed by atoms with Crippen molar-refractivity contribution in [3.63, 3.8) is 0 Å². The normalized spacial score (nSPS) is 11.0. The molecule has 0 bridgehead atoms. The number of rotatable bonds is 2. The Labute approximate surface area is 64.9 Å². The molecular formula is C7H9N3O. The molecule has 4 heteroatoms. The zero-order valence-corrected chi connectivity index (χ0v) is 6.53. The van der Waals surface area contributed by atoms with Crippen molar-refractivity contribution in [2.45, 2.75) is 20.3 Å². The number of hydrogen-bond donors (Lipinski definition) is 0.